The zero-order valence-corrected chi connectivity index (χ0v) is 13.3. The van der Waals surface area contributed by atoms with Gasteiger partial charge in [0.25, 0.3) is 5.91 Å². The minimum absolute atomic E-state index is 0.201. The van der Waals surface area contributed by atoms with Gasteiger partial charge >= 0.3 is 0 Å². The summed E-state index contributed by atoms with van der Waals surface area (Å²) in [6.07, 6.45) is 3.44. The van der Waals surface area contributed by atoms with E-state index < -0.39 is 0 Å². The first-order valence-corrected chi connectivity index (χ1v) is 7.93. The Bertz CT molecular complexity index is 684. The van der Waals surface area contributed by atoms with E-state index in [1.165, 1.54) is 12.0 Å². The van der Waals surface area contributed by atoms with Gasteiger partial charge in [-0.05, 0) is 43.4 Å². The SMILES string of the molecule is Cc1oc(C2CCC2)nc1C(=O)Nc1cccc(C(C)C)c1. The molecule has 1 aromatic heterocycles. The third-order valence-electron chi connectivity index (χ3n) is 4.29. The molecule has 116 valence electrons. The lowest BCUT2D eigenvalue weighted by molar-refractivity contribution is 0.102. The predicted molar refractivity (Wildman–Crippen MR) is 86.3 cm³/mol. The summed E-state index contributed by atoms with van der Waals surface area (Å²) in [6, 6.07) is 7.92. The first kappa shape index (κ1) is 14.8. The molecule has 0 saturated heterocycles. The zero-order valence-electron chi connectivity index (χ0n) is 13.3. The molecule has 0 unspecified atom stereocenters. The van der Waals surface area contributed by atoms with Gasteiger partial charge in [-0.2, -0.15) is 0 Å². The maximum atomic E-state index is 12.4. The van der Waals surface area contributed by atoms with Crippen molar-refractivity contribution in [2.24, 2.45) is 0 Å². The quantitative estimate of drug-likeness (QED) is 0.895. The van der Waals surface area contributed by atoms with Gasteiger partial charge in [-0.3, -0.25) is 4.79 Å². The Kier molecular flexibility index (Phi) is 4.01. The number of hydrogen-bond acceptors (Lipinski definition) is 3. The Balaban J connectivity index is 1.76. The van der Waals surface area contributed by atoms with E-state index in [2.05, 4.69) is 30.2 Å². The van der Waals surface area contributed by atoms with Gasteiger partial charge in [0.2, 0.25) is 0 Å². The molecule has 2 aromatic rings. The maximum Gasteiger partial charge on any atom is 0.277 e. The Morgan fingerprint density at radius 1 is 1.36 bits per heavy atom. The monoisotopic (exact) mass is 298 g/mol. The van der Waals surface area contributed by atoms with Crippen LogP contribution in [0.25, 0.3) is 0 Å². The highest BCUT2D eigenvalue weighted by Crippen LogP contribution is 2.36. The van der Waals surface area contributed by atoms with E-state index in [4.69, 9.17) is 4.42 Å². The minimum atomic E-state index is -0.201. The number of amides is 1. The molecule has 0 spiro atoms. The molecule has 1 saturated carbocycles. The molecular formula is C18H22N2O2. The standard InChI is InChI=1S/C18H22N2O2/c1-11(2)14-8-5-9-15(10-14)19-17(21)16-12(3)22-18(20-16)13-6-4-7-13/h5,8-11,13H,4,6-7H2,1-3H3,(H,19,21). The van der Waals surface area contributed by atoms with Crippen molar-refractivity contribution in [2.45, 2.75) is 51.9 Å². The molecule has 0 atom stereocenters. The van der Waals surface area contributed by atoms with Crippen LogP contribution in [-0.4, -0.2) is 10.9 Å². The number of oxazole rings is 1. The van der Waals surface area contributed by atoms with Crippen molar-refractivity contribution in [3.05, 3.63) is 47.2 Å². The van der Waals surface area contributed by atoms with Crippen LogP contribution in [0.1, 0.15) is 72.6 Å². The van der Waals surface area contributed by atoms with Crippen molar-refractivity contribution in [2.75, 3.05) is 5.32 Å². The second-order valence-corrected chi connectivity index (χ2v) is 6.32. The molecule has 1 aliphatic rings. The van der Waals surface area contributed by atoms with Crippen molar-refractivity contribution >= 4 is 11.6 Å². The van der Waals surface area contributed by atoms with Gasteiger partial charge in [-0.25, -0.2) is 4.98 Å². The average molecular weight is 298 g/mol. The maximum absolute atomic E-state index is 12.4. The number of carbonyl (C=O) groups excluding carboxylic acids is 1. The van der Waals surface area contributed by atoms with Gasteiger partial charge in [0.1, 0.15) is 5.76 Å². The molecule has 4 nitrogen and oxygen atoms in total. The first-order valence-electron chi connectivity index (χ1n) is 7.93. The number of anilines is 1. The number of hydrogen-bond donors (Lipinski definition) is 1. The highest BCUT2D eigenvalue weighted by atomic mass is 16.4. The first-order chi connectivity index (χ1) is 10.5. The molecule has 1 aromatic carbocycles. The summed E-state index contributed by atoms with van der Waals surface area (Å²) in [5, 5.41) is 2.92. The van der Waals surface area contributed by atoms with E-state index in [1.807, 2.05) is 18.2 Å². The summed E-state index contributed by atoms with van der Waals surface area (Å²) in [7, 11) is 0. The van der Waals surface area contributed by atoms with Gasteiger partial charge in [0, 0.05) is 11.6 Å². The van der Waals surface area contributed by atoms with Crippen LogP contribution in [0.15, 0.2) is 28.7 Å². The van der Waals surface area contributed by atoms with E-state index in [0.717, 1.165) is 18.5 Å². The van der Waals surface area contributed by atoms with E-state index in [9.17, 15) is 4.79 Å². The molecule has 1 N–H and O–H groups in total. The fourth-order valence-corrected chi connectivity index (χ4v) is 2.62. The molecule has 3 rings (SSSR count). The normalized spacial score (nSPS) is 14.9. The summed E-state index contributed by atoms with van der Waals surface area (Å²) < 4.78 is 5.67. The lowest BCUT2D eigenvalue weighted by Crippen LogP contribution is -2.15. The van der Waals surface area contributed by atoms with Crippen LogP contribution < -0.4 is 5.32 Å². The summed E-state index contributed by atoms with van der Waals surface area (Å²) in [5.41, 5.74) is 2.39. The minimum Gasteiger partial charge on any atom is -0.445 e. The van der Waals surface area contributed by atoms with Crippen LogP contribution in [-0.2, 0) is 0 Å². The molecule has 1 aliphatic carbocycles. The van der Waals surface area contributed by atoms with Gasteiger partial charge in [0.15, 0.2) is 11.6 Å². The lowest BCUT2D eigenvalue weighted by Gasteiger charge is -2.21. The van der Waals surface area contributed by atoms with E-state index in [1.54, 1.807) is 6.92 Å². The third kappa shape index (κ3) is 2.91. The molecule has 4 heteroatoms. The highest BCUT2D eigenvalue weighted by molar-refractivity contribution is 6.03. The van der Waals surface area contributed by atoms with E-state index in [-0.39, 0.29) is 5.91 Å². The summed E-state index contributed by atoms with van der Waals surface area (Å²) >= 11 is 0. The second-order valence-electron chi connectivity index (χ2n) is 6.32. The van der Waals surface area contributed by atoms with Crippen molar-refractivity contribution in [3.8, 4) is 0 Å². The number of carbonyl (C=O) groups is 1. The number of benzene rings is 1. The Morgan fingerprint density at radius 3 is 2.77 bits per heavy atom. The van der Waals surface area contributed by atoms with Crippen LogP contribution in [0.2, 0.25) is 0 Å². The van der Waals surface area contributed by atoms with Crippen LogP contribution in [0, 0.1) is 6.92 Å². The number of nitrogens with one attached hydrogen (secondary N) is 1. The number of aryl methyl sites for hydroxylation is 1. The van der Waals surface area contributed by atoms with Crippen molar-refractivity contribution in [3.63, 3.8) is 0 Å². The fraction of sp³-hybridized carbons (Fsp3) is 0.444. The number of nitrogens with zero attached hydrogens (tertiary/aromatic N) is 1. The van der Waals surface area contributed by atoms with Crippen LogP contribution in [0.3, 0.4) is 0 Å². The fourth-order valence-electron chi connectivity index (χ4n) is 2.62. The van der Waals surface area contributed by atoms with Gasteiger partial charge in [-0.1, -0.05) is 32.4 Å². The summed E-state index contributed by atoms with van der Waals surface area (Å²) in [6.45, 7) is 6.07. The number of rotatable bonds is 4. The van der Waals surface area contributed by atoms with E-state index in [0.29, 0.717) is 29.2 Å². The van der Waals surface area contributed by atoms with Crippen LogP contribution >= 0.6 is 0 Å². The molecule has 0 radical (unpaired) electrons. The van der Waals surface area contributed by atoms with Gasteiger partial charge < -0.3 is 9.73 Å². The van der Waals surface area contributed by atoms with Crippen molar-refractivity contribution in [1.29, 1.82) is 0 Å². The summed E-state index contributed by atoms with van der Waals surface area (Å²) in [4.78, 5) is 16.8. The summed E-state index contributed by atoms with van der Waals surface area (Å²) in [5.74, 6) is 1.93. The number of aromatic nitrogens is 1. The molecule has 0 aliphatic heterocycles. The molecule has 22 heavy (non-hydrogen) atoms. The topological polar surface area (TPSA) is 55.1 Å². The van der Waals surface area contributed by atoms with Crippen LogP contribution in [0.5, 0.6) is 0 Å². The largest absolute Gasteiger partial charge is 0.445 e. The smallest absolute Gasteiger partial charge is 0.277 e. The van der Waals surface area contributed by atoms with Crippen molar-refractivity contribution < 1.29 is 9.21 Å². The van der Waals surface area contributed by atoms with Gasteiger partial charge in [-0.15, -0.1) is 0 Å². The Labute approximate surface area is 130 Å². The predicted octanol–water partition coefficient (Wildman–Crippen LogP) is 4.63. The Morgan fingerprint density at radius 2 is 2.14 bits per heavy atom. The average Bonchev–Trinajstić information content (AvgIpc) is 2.78. The molecule has 0 bridgehead atoms. The van der Waals surface area contributed by atoms with E-state index >= 15 is 0 Å². The van der Waals surface area contributed by atoms with Crippen LogP contribution in [0.4, 0.5) is 5.69 Å². The van der Waals surface area contributed by atoms with Gasteiger partial charge in [0.05, 0.1) is 0 Å². The molecule has 1 heterocycles. The van der Waals surface area contributed by atoms with Crippen molar-refractivity contribution in [1.82, 2.24) is 4.98 Å². The molecular weight excluding hydrogens is 276 g/mol. The lowest BCUT2D eigenvalue weighted by atomic mass is 9.85. The Hall–Kier alpha value is -2.10. The second kappa shape index (κ2) is 5.95. The zero-order chi connectivity index (χ0) is 15.7. The highest BCUT2D eigenvalue weighted by Gasteiger charge is 2.27. The molecule has 1 amide bonds. The molecule has 1 fully saturated rings. The third-order valence-corrected chi connectivity index (χ3v) is 4.29.